The highest BCUT2D eigenvalue weighted by molar-refractivity contribution is 7.93. The highest BCUT2D eigenvalue weighted by Gasteiger charge is 2.29. The number of allylic oxidation sites excluding steroid dienone is 1. The largest absolute Gasteiger partial charge is 0.476 e. The predicted octanol–water partition coefficient (Wildman–Crippen LogP) is 7.01. The molecule has 2 aromatic heterocycles. The average Bonchev–Trinajstić information content (AvgIpc) is 3.46. The molecule has 5 rings (SSSR count). The average molecular weight is 564 g/mol. The van der Waals surface area contributed by atoms with Crippen LogP contribution in [0, 0.1) is 29.4 Å². The van der Waals surface area contributed by atoms with Crippen molar-refractivity contribution in [3.05, 3.63) is 93.6 Å². The molecule has 198 valence electrons. The minimum atomic E-state index is -1.13. The van der Waals surface area contributed by atoms with Gasteiger partial charge in [0.15, 0.2) is 5.69 Å². The summed E-state index contributed by atoms with van der Waals surface area (Å²) in [6.45, 7) is 5.48. The van der Waals surface area contributed by atoms with Crippen molar-refractivity contribution >= 4 is 29.3 Å². The van der Waals surface area contributed by atoms with Crippen LogP contribution in [-0.4, -0.2) is 30.4 Å². The van der Waals surface area contributed by atoms with Gasteiger partial charge in [-0.25, -0.2) is 23.2 Å². The molecule has 2 heterocycles. The number of benzene rings is 2. The van der Waals surface area contributed by atoms with E-state index in [9.17, 15) is 23.2 Å². The Hall–Kier alpha value is -3.78. The second-order valence-corrected chi connectivity index (χ2v) is 10.9. The van der Waals surface area contributed by atoms with Gasteiger partial charge in [-0.2, -0.15) is 5.10 Å². The molecule has 1 aliphatic rings. The number of carbonyl (C=O) groups is 1. The van der Waals surface area contributed by atoms with E-state index >= 15 is 0 Å². The topological polar surface area (TPSA) is 88.2 Å². The van der Waals surface area contributed by atoms with Crippen LogP contribution >= 0.6 is 23.4 Å². The van der Waals surface area contributed by atoms with Gasteiger partial charge in [0, 0.05) is 35.0 Å². The van der Waals surface area contributed by atoms with Gasteiger partial charge in [0.25, 0.3) is 0 Å². The van der Waals surface area contributed by atoms with E-state index in [1.54, 1.807) is 29.8 Å². The van der Waals surface area contributed by atoms with Crippen molar-refractivity contribution in [3.8, 4) is 28.2 Å². The van der Waals surface area contributed by atoms with Gasteiger partial charge < -0.3 is 9.66 Å². The van der Waals surface area contributed by atoms with E-state index in [2.05, 4.69) is 23.4 Å². The van der Waals surface area contributed by atoms with Gasteiger partial charge in [-0.05, 0) is 73.6 Å². The molecule has 39 heavy (non-hydrogen) atoms. The van der Waals surface area contributed by atoms with E-state index in [-0.39, 0.29) is 16.2 Å². The molecule has 0 atom stereocenters. The zero-order valence-corrected chi connectivity index (χ0v) is 22.5. The summed E-state index contributed by atoms with van der Waals surface area (Å²) >= 11 is 1.51. The molecule has 0 amide bonds. The first-order valence-electron chi connectivity index (χ1n) is 12.1. The molecule has 0 radical (unpaired) electrons. The second-order valence-electron chi connectivity index (χ2n) is 9.41. The van der Waals surface area contributed by atoms with Crippen LogP contribution in [0.1, 0.15) is 52.6 Å². The first-order chi connectivity index (χ1) is 18.7. The van der Waals surface area contributed by atoms with Gasteiger partial charge in [-0.15, -0.1) is 11.3 Å². The first kappa shape index (κ1) is 26.8. The van der Waals surface area contributed by atoms with Crippen LogP contribution in [0.25, 0.3) is 16.4 Å². The Morgan fingerprint density at radius 1 is 1.23 bits per heavy atom. The number of hydrogen-bond donors (Lipinski definition) is 2. The van der Waals surface area contributed by atoms with Gasteiger partial charge in [-0.3, -0.25) is 0 Å². The lowest BCUT2D eigenvalue weighted by atomic mass is 9.96. The highest BCUT2D eigenvalue weighted by atomic mass is 32.2. The predicted molar refractivity (Wildman–Crippen MR) is 147 cm³/mol. The fourth-order valence-electron chi connectivity index (χ4n) is 4.20. The van der Waals surface area contributed by atoms with Crippen molar-refractivity contribution in [2.24, 2.45) is 5.92 Å². The quantitative estimate of drug-likeness (QED) is 0.177. The summed E-state index contributed by atoms with van der Waals surface area (Å²) in [5.41, 5.74) is 4.20. The number of carboxylic acids is 1. The van der Waals surface area contributed by atoms with Crippen LogP contribution < -0.4 is 0 Å². The maximum atomic E-state index is 14.6. The Morgan fingerprint density at radius 3 is 2.67 bits per heavy atom. The van der Waals surface area contributed by atoms with Crippen molar-refractivity contribution < 1.29 is 23.2 Å². The summed E-state index contributed by atoms with van der Waals surface area (Å²) < 4.78 is 40.2. The number of carboxylic acid groups (broad SMARTS) is 1. The highest BCUT2D eigenvalue weighted by Crippen LogP contribution is 2.38. The molecule has 2 aromatic carbocycles. The molecule has 0 bridgehead atoms. The molecule has 2 N–H and O–H groups in total. The van der Waals surface area contributed by atoms with Gasteiger partial charge in [0.2, 0.25) is 5.13 Å². The van der Waals surface area contributed by atoms with Crippen LogP contribution in [-0.2, 0) is 12.8 Å². The molecule has 0 unspecified atom stereocenters. The van der Waals surface area contributed by atoms with E-state index < -0.39 is 17.6 Å². The van der Waals surface area contributed by atoms with Gasteiger partial charge in [0.1, 0.15) is 11.6 Å². The van der Waals surface area contributed by atoms with Crippen molar-refractivity contribution in [1.82, 2.24) is 14.8 Å². The summed E-state index contributed by atoms with van der Waals surface area (Å²) in [5, 5.41) is 16.2. The lowest BCUT2D eigenvalue weighted by Gasteiger charge is -2.10. The summed E-state index contributed by atoms with van der Waals surface area (Å²) in [6, 6.07) is 9.21. The van der Waals surface area contributed by atoms with E-state index in [1.807, 2.05) is 0 Å². The number of nitrogens with zero attached hydrogens (tertiary/aromatic N) is 3. The first-order valence-corrected chi connectivity index (χ1v) is 13.8. The van der Waals surface area contributed by atoms with Crippen molar-refractivity contribution in [2.45, 2.75) is 37.5 Å². The number of rotatable bonds is 8. The van der Waals surface area contributed by atoms with Crippen molar-refractivity contribution in [1.29, 1.82) is 0 Å². The molecule has 1 saturated carbocycles. The number of aromatic carboxylic acids is 1. The Kier molecular flexibility index (Phi) is 7.66. The number of thiazole rings is 1. The third kappa shape index (κ3) is 5.96. The van der Waals surface area contributed by atoms with Gasteiger partial charge >= 0.3 is 5.97 Å². The van der Waals surface area contributed by atoms with Crippen LogP contribution in [0.2, 0.25) is 0 Å². The molecular weight excluding hydrogens is 540 g/mol. The molecule has 0 saturated heterocycles. The Labute approximate surface area is 232 Å². The normalized spacial score (nSPS) is 12.7. The molecule has 6 nitrogen and oxygen atoms in total. The zero-order chi connectivity index (χ0) is 27.7. The van der Waals surface area contributed by atoms with E-state index in [0.717, 1.165) is 24.1 Å². The third-order valence-corrected chi connectivity index (χ3v) is 7.63. The smallest absolute Gasteiger partial charge is 0.355 e. The Morgan fingerprint density at radius 2 is 2.03 bits per heavy atom. The number of halogens is 2. The lowest BCUT2D eigenvalue weighted by Crippen LogP contribution is -2.06. The van der Waals surface area contributed by atoms with Gasteiger partial charge in [0.05, 0.1) is 21.8 Å². The molecular formula is C29H23F2N3O3S2. The fourth-order valence-corrected chi connectivity index (χ4v) is 5.25. The molecule has 10 heteroatoms. The SMILES string of the molecule is C=C(C)C#Cc1cc(-c2nn(-c3nc(C(=O)O)cs3)c(CC3CC3)c2Cc2ccc(SO)c(F)c2)ccc1F. The van der Waals surface area contributed by atoms with E-state index in [0.29, 0.717) is 58.3 Å². The molecule has 1 fully saturated rings. The summed E-state index contributed by atoms with van der Waals surface area (Å²) in [6.07, 6.45) is 3.12. The van der Waals surface area contributed by atoms with Crippen LogP contribution in [0.15, 0.2) is 58.8 Å². The standard InChI is InChI=1S/C29H23F2N3O3S2/c1-16(2)3-7-19-14-20(8-9-22(19)30)27-21(11-18-6-10-26(39-37)23(31)12-18)25(13-17-4-5-17)34(33-27)29-32-24(15-38-29)28(35)36/h6,8-10,12,14-15,17,37H,1,4-5,11,13H2,2H3,(H,35,36). The molecule has 0 spiro atoms. The van der Waals surface area contributed by atoms with Crippen LogP contribution in [0.5, 0.6) is 0 Å². The molecule has 4 aromatic rings. The second kappa shape index (κ2) is 11.1. The Balaban J connectivity index is 1.70. The summed E-state index contributed by atoms with van der Waals surface area (Å²) in [7, 11) is 0. The summed E-state index contributed by atoms with van der Waals surface area (Å²) in [4.78, 5) is 15.9. The maximum Gasteiger partial charge on any atom is 0.355 e. The van der Waals surface area contributed by atoms with Crippen LogP contribution in [0.4, 0.5) is 8.78 Å². The maximum absolute atomic E-state index is 14.6. The molecule has 0 aliphatic heterocycles. The monoisotopic (exact) mass is 563 g/mol. The third-order valence-electron chi connectivity index (χ3n) is 6.29. The minimum absolute atomic E-state index is 0.0794. The Bertz CT molecular complexity index is 1660. The van der Waals surface area contributed by atoms with E-state index in [1.165, 1.54) is 34.9 Å². The molecule has 1 aliphatic carbocycles. The van der Waals surface area contributed by atoms with Crippen molar-refractivity contribution in [3.63, 3.8) is 0 Å². The van der Waals surface area contributed by atoms with Gasteiger partial charge in [-0.1, -0.05) is 24.5 Å². The fraction of sp³-hybridized carbons (Fsp3) is 0.207. The minimum Gasteiger partial charge on any atom is -0.476 e. The number of aromatic nitrogens is 3. The summed E-state index contributed by atoms with van der Waals surface area (Å²) in [5.74, 6) is 3.91. The van der Waals surface area contributed by atoms with E-state index in [4.69, 9.17) is 5.10 Å². The van der Waals surface area contributed by atoms with Crippen LogP contribution in [0.3, 0.4) is 0 Å². The number of hydrogen-bond acceptors (Lipinski definition) is 6. The zero-order valence-electron chi connectivity index (χ0n) is 20.9. The van der Waals surface area contributed by atoms with Crippen molar-refractivity contribution in [2.75, 3.05) is 0 Å². The lowest BCUT2D eigenvalue weighted by molar-refractivity contribution is 0.0691.